The Labute approximate surface area is 148 Å². The summed E-state index contributed by atoms with van der Waals surface area (Å²) in [6, 6.07) is 11.3. The van der Waals surface area contributed by atoms with Crippen LogP contribution in [0.25, 0.3) is 10.6 Å². The molecule has 0 fully saturated rings. The van der Waals surface area contributed by atoms with Gasteiger partial charge in [-0.05, 0) is 30.0 Å². The minimum atomic E-state index is -0.0661. The summed E-state index contributed by atoms with van der Waals surface area (Å²) in [5, 5.41) is 5.41. The Morgan fingerprint density at radius 3 is 2.88 bits per heavy atom. The quantitative estimate of drug-likeness (QED) is 0.696. The molecule has 2 aromatic heterocycles. The number of carbonyl (C=O) groups excluding carboxylic acids is 1. The summed E-state index contributed by atoms with van der Waals surface area (Å²) in [7, 11) is 1.58. The maximum absolute atomic E-state index is 12.2. The monoisotopic (exact) mass is 359 g/mol. The van der Waals surface area contributed by atoms with Crippen LogP contribution in [0, 0.1) is 0 Å². The highest BCUT2D eigenvalue weighted by atomic mass is 32.1. The summed E-state index contributed by atoms with van der Waals surface area (Å²) < 4.78 is 5.24. The molecular weight excluding hydrogens is 342 g/mol. The molecule has 1 amide bonds. The number of nitrogens with zero attached hydrogens (tertiary/aromatic N) is 1. The number of hydrogen-bond acceptors (Lipinski definition) is 6. The average Bonchev–Trinajstić information content (AvgIpc) is 3.22. The summed E-state index contributed by atoms with van der Waals surface area (Å²) in [4.78, 5) is 18.7. The van der Waals surface area contributed by atoms with E-state index in [0.717, 1.165) is 15.4 Å². The number of anilines is 2. The van der Waals surface area contributed by atoms with Crippen molar-refractivity contribution in [2.24, 2.45) is 0 Å². The molecule has 0 saturated carbocycles. The number of carbonyl (C=O) groups is 1. The lowest BCUT2D eigenvalue weighted by Crippen LogP contribution is -2.12. The van der Waals surface area contributed by atoms with Crippen LogP contribution < -0.4 is 15.8 Å². The van der Waals surface area contributed by atoms with Gasteiger partial charge >= 0.3 is 0 Å². The lowest BCUT2D eigenvalue weighted by atomic mass is 10.2. The first-order chi connectivity index (χ1) is 11.7. The summed E-state index contributed by atoms with van der Waals surface area (Å²) in [5.74, 6) is 0.579. The topological polar surface area (TPSA) is 77.2 Å². The molecule has 3 aromatic rings. The predicted octanol–water partition coefficient (Wildman–Crippen LogP) is 4.03. The standard InChI is InChI=1S/C17H17N3O2S2/c1-22-12-6-3-2-5-11(12)19-15(21)9-8-14-16(20-17(18)24-14)13-7-4-10-23-13/h2-7,10H,8-9H2,1H3,(H2,18,20)(H,19,21). The molecule has 0 atom stereocenters. The van der Waals surface area contributed by atoms with Gasteiger partial charge in [-0.25, -0.2) is 4.98 Å². The van der Waals surface area contributed by atoms with Gasteiger partial charge in [0.2, 0.25) is 5.91 Å². The number of benzene rings is 1. The number of aromatic nitrogens is 1. The highest BCUT2D eigenvalue weighted by Crippen LogP contribution is 2.33. The van der Waals surface area contributed by atoms with Crippen LogP contribution in [0.4, 0.5) is 10.8 Å². The highest BCUT2D eigenvalue weighted by molar-refractivity contribution is 7.17. The van der Waals surface area contributed by atoms with Crippen molar-refractivity contribution < 1.29 is 9.53 Å². The zero-order chi connectivity index (χ0) is 16.9. The third-order valence-corrected chi connectivity index (χ3v) is 5.25. The van der Waals surface area contributed by atoms with Crippen LogP contribution in [0.15, 0.2) is 41.8 Å². The minimum Gasteiger partial charge on any atom is -0.495 e. The van der Waals surface area contributed by atoms with Crippen molar-refractivity contribution in [3.8, 4) is 16.3 Å². The molecule has 0 aliphatic carbocycles. The Bertz CT molecular complexity index is 828. The maximum atomic E-state index is 12.2. The van der Waals surface area contributed by atoms with Crippen LogP contribution in [0.1, 0.15) is 11.3 Å². The summed E-state index contributed by atoms with van der Waals surface area (Å²) in [6.07, 6.45) is 0.959. The molecule has 0 aliphatic rings. The first kappa shape index (κ1) is 16.5. The van der Waals surface area contributed by atoms with E-state index in [9.17, 15) is 4.79 Å². The number of nitrogen functional groups attached to an aromatic ring is 1. The first-order valence-corrected chi connectivity index (χ1v) is 9.09. The molecule has 0 spiro atoms. The number of amides is 1. The van der Waals surface area contributed by atoms with E-state index in [2.05, 4.69) is 10.3 Å². The van der Waals surface area contributed by atoms with E-state index in [-0.39, 0.29) is 5.91 Å². The summed E-state index contributed by atoms with van der Waals surface area (Å²) in [6.45, 7) is 0. The van der Waals surface area contributed by atoms with E-state index < -0.39 is 0 Å². The van der Waals surface area contributed by atoms with Gasteiger partial charge in [0.1, 0.15) is 5.75 Å². The lowest BCUT2D eigenvalue weighted by molar-refractivity contribution is -0.116. The number of methoxy groups -OCH3 is 1. The van der Waals surface area contributed by atoms with Crippen LogP contribution in [0.5, 0.6) is 5.75 Å². The van der Waals surface area contributed by atoms with Crippen molar-refractivity contribution >= 4 is 39.4 Å². The van der Waals surface area contributed by atoms with Crippen LogP contribution in [0.3, 0.4) is 0 Å². The molecule has 0 radical (unpaired) electrons. The molecular formula is C17H17N3O2S2. The predicted molar refractivity (Wildman–Crippen MR) is 99.8 cm³/mol. The molecule has 5 nitrogen and oxygen atoms in total. The van der Waals surface area contributed by atoms with Crippen LogP contribution in [-0.4, -0.2) is 18.0 Å². The van der Waals surface area contributed by atoms with Gasteiger partial charge in [-0.1, -0.05) is 18.2 Å². The van der Waals surface area contributed by atoms with E-state index in [1.807, 2.05) is 41.8 Å². The largest absolute Gasteiger partial charge is 0.495 e. The highest BCUT2D eigenvalue weighted by Gasteiger charge is 2.14. The normalized spacial score (nSPS) is 10.5. The Morgan fingerprint density at radius 1 is 1.29 bits per heavy atom. The number of aryl methyl sites for hydroxylation is 1. The maximum Gasteiger partial charge on any atom is 0.224 e. The SMILES string of the molecule is COc1ccccc1NC(=O)CCc1sc(N)nc1-c1cccs1. The Hall–Kier alpha value is -2.38. The van der Waals surface area contributed by atoms with Crippen molar-refractivity contribution in [1.29, 1.82) is 0 Å². The fraction of sp³-hybridized carbons (Fsp3) is 0.176. The third kappa shape index (κ3) is 3.74. The van der Waals surface area contributed by atoms with Crippen molar-refractivity contribution in [2.45, 2.75) is 12.8 Å². The summed E-state index contributed by atoms with van der Waals surface area (Å²) >= 11 is 3.05. The molecule has 0 bridgehead atoms. The summed E-state index contributed by atoms with van der Waals surface area (Å²) in [5.41, 5.74) is 7.41. The number of para-hydroxylation sites is 2. The van der Waals surface area contributed by atoms with E-state index in [1.165, 1.54) is 11.3 Å². The molecule has 0 saturated heterocycles. The fourth-order valence-corrected chi connectivity index (χ4v) is 3.98. The smallest absolute Gasteiger partial charge is 0.224 e. The molecule has 124 valence electrons. The van der Waals surface area contributed by atoms with Crippen molar-refractivity contribution in [3.05, 3.63) is 46.7 Å². The van der Waals surface area contributed by atoms with Gasteiger partial charge in [0.05, 0.1) is 23.4 Å². The van der Waals surface area contributed by atoms with Gasteiger partial charge in [-0.3, -0.25) is 4.79 Å². The van der Waals surface area contributed by atoms with Crippen molar-refractivity contribution in [3.63, 3.8) is 0 Å². The Morgan fingerprint density at radius 2 is 2.12 bits per heavy atom. The molecule has 3 rings (SSSR count). The first-order valence-electron chi connectivity index (χ1n) is 7.39. The lowest BCUT2D eigenvalue weighted by Gasteiger charge is -2.09. The van der Waals surface area contributed by atoms with Gasteiger partial charge in [0, 0.05) is 11.3 Å². The van der Waals surface area contributed by atoms with E-state index >= 15 is 0 Å². The minimum absolute atomic E-state index is 0.0661. The van der Waals surface area contributed by atoms with Crippen LogP contribution in [-0.2, 0) is 11.2 Å². The van der Waals surface area contributed by atoms with Crippen molar-refractivity contribution in [1.82, 2.24) is 4.98 Å². The molecule has 7 heteroatoms. The second-order valence-electron chi connectivity index (χ2n) is 5.05. The van der Waals surface area contributed by atoms with E-state index in [4.69, 9.17) is 10.5 Å². The van der Waals surface area contributed by atoms with Crippen molar-refractivity contribution in [2.75, 3.05) is 18.2 Å². The number of thiazole rings is 1. The molecule has 24 heavy (non-hydrogen) atoms. The number of hydrogen-bond donors (Lipinski definition) is 2. The average molecular weight is 359 g/mol. The Kier molecular flexibility index (Phi) is 5.12. The number of thiophene rings is 1. The van der Waals surface area contributed by atoms with E-state index in [1.54, 1.807) is 18.4 Å². The number of ether oxygens (including phenoxy) is 1. The second kappa shape index (κ2) is 7.46. The molecule has 0 aliphatic heterocycles. The molecule has 0 unspecified atom stereocenters. The second-order valence-corrected chi connectivity index (χ2v) is 7.11. The molecule has 2 heterocycles. The van der Waals surface area contributed by atoms with Gasteiger partial charge in [0.15, 0.2) is 5.13 Å². The van der Waals surface area contributed by atoms with Crippen LogP contribution >= 0.6 is 22.7 Å². The Balaban J connectivity index is 1.67. The van der Waals surface area contributed by atoms with Gasteiger partial charge in [0.25, 0.3) is 0 Å². The third-order valence-electron chi connectivity index (χ3n) is 3.43. The van der Waals surface area contributed by atoms with E-state index in [0.29, 0.717) is 29.4 Å². The zero-order valence-corrected chi connectivity index (χ0v) is 14.7. The molecule has 3 N–H and O–H groups in total. The van der Waals surface area contributed by atoms with Crippen LogP contribution in [0.2, 0.25) is 0 Å². The molecule has 1 aromatic carbocycles. The van der Waals surface area contributed by atoms with Gasteiger partial charge < -0.3 is 15.8 Å². The number of nitrogens with two attached hydrogens (primary N) is 1. The van der Waals surface area contributed by atoms with Gasteiger partial charge in [-0.2, -0.15) is 0 Å². The zero-order valence-electron chi connectivity index (χ0n) is 13.1. The van der Waals surface area contributed by atoms with Gasteiger partial charge in [-0.15, -0.1) is 22.7 Å². The number of nitrogens with one attached hydrogen (secondary N) is 1. The number of rotatable bonds is 6. The fourth-order valence-electron chi connectivity index (χ4n) is 2.33.